The van der Waals surface area contributed by atoms with Crippen molar-refractivity contribution in [2.75, 3.05) is 11.9 Å². The van der Waals surface area contributed by atoms with Crippen molar-refractivity contribution in [1.82, 2.24) is 4.98 Å². The van der Waals surface area contributed by atoms with Crippen LogP contribution < -0.4 is 11.1 Å². The predicted octanol–water partition coefficient (Wildman–Crippen LogP) is 2.69. The van der Waals surface area contributed by atoms with Gasteiger partial charge < -0.3 is 11.1 Å². The Bertz CT molecular complexity index is 315. The van der Waals surface area contributed by atoms with Crippen LogP contribution in [0.1, 0.15) is 25.3 Å². The zero-order valence-electron chi connectivity index (χ0n) is 9.26. The maximum absolute atomic E-state index is 5.83. The van der Waals surface area contributed by atoms with Gasteiger partial charge in [0.2, 0.25) is 0 Å². The summed E-state index contributed by atoms with van der Waals surface area (Å²) in [6, 6.07) is 2.34. The first-order valence-electron chi connectivity index (χ1n) is 5.25. The highest BCUT2D eigenvalue weighted by Gasteiger charge is 2.01. The molecule has 1 atom stereocenters. The minimum Gasteiger partial charge on any atom is -0.370 e. The number of nitrogens with two attached hydrogens (primary N) is 1. The van der Waals surface area contributed by atoms with Gasteiger partial charge >= 0.3 is 0 Å². The minimum atomic E-state index is 0.285. The van der Waals surface area contributed by atoms with Gasteiger partial charge in [0.25, 0.3) is 0 Å². The molecule has 0 amide bonds. The van der Waals surface area contributed by atoms with E-state index < -0.39 is 0 Å². The fraction of sp³-hybridized carbons (Fsp3) is 0.545. The zero-order valence-corrected chi connectivity index (χ0v) is 10.8. The molecule has 0 bridgehead atoms. The van der Waals surface area contributed by atoms with Crippen LogP contribution in [0.2, 0.25) is 0 Å². The summed E-state index contributed by atoms with van der Waals surface area (Å²) in [6.45, 7) is 5.03. The molecule has 0 radical (unpaired) electrons. The van der Waals surface area contributed by atoms with Crippen LogP contribution in [0.5, 0.6) is 0 Å². The van der Waals surface area contributed by atoms with Gasteiger partial charge in [-0.25, -0.2) is 4.98 Å². The van der Waals surface area contributed by atoms with Gasteiger partial charge in [0.15, 0.2) is 0 Å². The second-order valence-electron chi connectivity index (χ2n) is 3.70. The van der Waals surface area contributed by atoms with Crippen molar-refractivity contribution in [3.8, 4) is 0 Å². The van der Waals surface area contributed by atoms with Crippen LogP contribution in [0, 0.1) is 6.92 Å². The number of nitrogens with zero attached hydrogens (tertiary/aromatic N) is 1. The molecule has 0 aliphatic carbocycles. The lowest BCUT2D eigenvalue weighted by atomic mass is 10.2. The van der Waals surface area contributed by atoms with Gasteiger partial charge in [-0.15, -0.1) is 0 Å². The highest BCUT2D eigenvalue weighted by atomic mass is 79.9. The maximum atomic E-state index is 5.83. The van der Waals surface area contributed by atoms with E-state index in [2.05, 4.69) is 39.2 Å². The number of pyridine rings is 1. The smallest absolute Gasteiger partial charge is 0.128 e. The van der Waals surface area contributed by atoms with Crippen LogP contribution in [0.4, 0.5) is 5.82 Å². The Morgan fingerprint density at radius 1 is 1.60 bits per heavy atom. The Morgan fingerprint density at radius 2 is 2.33 bits per heavy atom. The quantitative estimate of drug-likeness (QED) is 0.866. The lowest BCUT2D eigenvalue weighted by Gasteiger charge is -2.11. The number of anilines is 1. The highest BCUT2D eigenvalue weighted by molar-refractivity contribution is 9.10. The van der Waals surface area contributed by atoms with E-state index in [9.17, 15) is 0 Å². The van der Waals surface area contributed by atoms with Crippen molar-refractivity contribution in [3.63, 3.8) is 0 Å². The normalized spacial score (nSPS) is 12.5. The number of rotatable bonds is 5. The topological polar surface area (TPSA) is 50.9 Å². The maximum Gasteiger partial charge on any atom is 0.128 e. The van der Waals surface area contributed by atoms with Gasteiger partial charge in [0.05, 0.1) is 0 Å². The van der Waals surface area contributed by atoms with Crippen LogP contribution in [0.25, 0.3) is 0 Å². The molecule has 1 aromatic heterocycles. The van der Waals surface area contributed by atoms with E-state index in [4.69, 9.17) is 5.73 Å². The molecule has 3 N–H and O–H groups in total. The van der Waals surface area contributed by atoms with Crippen LogP contribution >= 0.6 is 15.9 Å². The number of halogens is 1. The molecule has 1 heterocycles. The van der Waals surface area contributed by atoms with E-state index in [0.717, 1.165) is 35.2 Å². The van der Waals surface area contributed by atoms with Gasteiger partial charge in [0.1, 0.15) is 5.82 Å². The summed E-state index contributed by atoms with van der Waals surface area (Å²) in [4.78, 5) is 4.30. The number of aryl methyl sites for hydroxylation is 1. The summed E-state index contributed by atoms with van der Waals surface area (Å²) in [5.41, 5.74) is 6.98. The van der Waals surface area contributed by atoms with Crippen molar-refractivity contribution in [1.29, 1.82) is 0 Å². The SMILES string of the molecule is CCC(N)CCNc1ncc(Br)cc1C. The lowest BCUT2D eigenvalue weighted by Crippen LogP contribution is -2.22. The van der Waals surface area contributed by atoms with Crippen molar-refractivity contribution in [2.24, 2.45) is 5.73 Å². The monoisotopic (exact) mass is 271 g/mol. The zero-order chi connectivity index (χ0) is 11.3. The van der Waals surface area contributed by atoms with Crippen LogP contribution in [-0.2, 0) is 0 Å². The standard InChI is InChI=1S/C11H18BrN3/c1-3-10(13)4-5-14-11-8(2)6-9(12)7-15-11/h6-7,10H,3-5,13H2,1-2H3,(H,14,15). The molecule has 1 rings (SSSR count). The summed E-state index contributed by atoms with van der Waals surface area (Å²) in [5.74, 6) is 0.946. The van der Waals surface area contributed by atoms with Gasteiger partial charge in [-0.05, 0) is 47.3 Å². The third-order valence-electron chi connectivity index (χ3n) is 2.38. The second kappa shape index (κ2) is 6.08. The largest absolute Gasteiger partial charge is 0.370 e. The average Bonchev–Trinajstić information content (AvgIpc) is 2.21. The molecule has 15 heavy (non-hydrogen) atoms. The molecule has 1 aromatic rings. The average molecular weight is 272 g/mol. The Balaban J connectivity index is 2.44. The number of aromatic nitrogens is 1. The molecule has 0 saturated heterocycles. The van der Waals surface area contributed by atoms with E-state index in [1.807, 2.05) is 6.92 Å². The van der Waals surface area contributed by atoms with Crippen molar-refractivity contribution >= 4 is 21.7 Å². The molecule has 4 heteroatoms. The third kappa shape index (κ3) is 4.18. The first kappa shape index (κ1) is 12.5. The van der Waals surface area contributed by atoms with Crippen LogP contribution in [0.15, 0.2) is 16.7 Å². The first-order chi connectivity index (χ1) is 7.13. The van der Waals surface area contributed by atoms with Crippen molar-refractivity contribution in [3.05, 3.63) is 22.3 Å². The van der Waals surface area contributed by atoms with Gasteiger partial charge in [0, 0.05) is 23.3 Å². The molecule has 0 aliphatic heterocycles. The number of hydrogen-bond donors (Lipinski definition) is 2. The summed E-state index contributed by atoms with van der Waals surface area (Å²) in [5, 5.41) is 3.29. The predicted molar refractivity (Wildman–Crippen MR) is 68.0 cm³/mol. The summed E-state index contributed by atoms with van der Waals surface area (Å²) < 4.78 is 1.01. The third-order valence-corrected chi connectivity index (χ3v) is 2.81. The molecule has 0 saturated carbocycles. The van der Waals surface area contributed by atoms with E-state index >= 15 is 0 Å². The summed E-state index contributed by atoms with van der Waals surface area (Å²) in [7, 11) is 0. The van der Waals surface area contributed by atoms with Gasteiger partial charge in [-0.2, -0.15) is 0 Å². The molecule has 3 nitrogen and oxygen atoms in total. The first-order valence-corrected chi connectivity index (χ1v) is 6.04. The van der Waals surface area contributed by atoms with Gasteiger partial charge in [-0.1, -0.05) is 6.92 Å². The Kier molecular flexibility index (Phi) is 5.05. The number of hydrogen-bond acceptors (Lipinski definition) is 3. The minimum absolute atomic E-state index is 0.285. The fourth-order valence-corrected chi connectivity index (χ4v) is 1.75. The van der Waals surface area contributed by atoms with Crippen LogP contribution in [0.3, 0.4) is 0 Å². The van der Waals surface area contributed by atoms with Gasteiger partial charge in [-0.3, -0.25) is 0 Å². The molecule has 0 fully saturated rings. The Hall–Kier alpha value is -0.610. The van der Waals surface area contributed by atoms with E-state index in [1.165, 1.54) is 0 Å². The summed E-state index contributed by atoms with van der Waals surface area (Å²) in [6.07, 6.45) is 3.80. The molecule has 0 aliphatic rings. The Morgan fingerprint density at radius 3 is 2.93 bits per heavy atom. The van der Waals surface area contributed by atoms with E-state index in [-0.39, 0.29) is 6.04 Å². The van der Waals surface area contributed by atoms with Crippen LogP contribution in [-0.4, -0.2) is 17.6 Å². The molecular weight excluding hydrogens is 254 g/mol. The second-order valence-corrected chi connectivity index (χ2v) is 4.62. The highest BCUT2D eigenvalue weighted by Crippen LogP contribution is 2.16. The fourth-order valence-electron chi connectivity index (χ4n) is 1.31. The van der Waals surface area contributed by atoms with Crippen molar-refractivity contribution < 1.29 is 0 Å². The lowest BCUT2D eigenvalue weighted by molar-refractivity contribution is 0.613. The van der Waals surface area contributed by atoms with E-state index in [0.29, 0.717) is 0 Å². The molecular formula is C11H18BrN3. The Labute approximate surface area is 99.6 Å². The molecule has 0 spiro atoms. The molecule has 0 aromatic carbocycles. The van der Waals surface area contributed by atoms with Crippen molar-refractivity contribution in [2.45, 2.75) is 32.7 Å². The van der Waals surface area contributed by atoms with E-state index in [1.54, 1.807) is 6.20 Å². The molecule has 84 valence electrons. The summed E-state index contributed by atoms with van der Waals surface area (Å²) >= 11 is 3.39. The number of nitrogens with one attached hydrogen (secondary N) is 1. The molecule has 1 unspecified atom stereocenters.